The second kappa shape index (κ2) is 4.60. The minimum absolute atomic E-state index is 0.327. The Labute approximate surface area is 111 Å². The van der Waals surface area contributed by atoms with Crippen molar-refractivity contribution in [2.45, 2.75) is 39.0 Å². The van der Waals surface area contributed by atoms with Gasteiger partial charge in [-0.25, -0.2) is 9.59 Å². The monoisotopic (exact) mass is 266 g/mol. The maximum atomic E-state index is 12.1. The Kier molecular flexibility index (Phi) is 3.26. The van der Waals surface area contributed by atoms with Crippen molar-refractivity contribution in [3.63, 3.8) is 0 Å². The van der Waals surface area contributed by atoms with E-state index >= 15 is 0 Å². The molecule has 2 heterocycles. The number of ether oxygens (including phenoxy) is 1. The van der Waals surface area contributed by atoms with Gasteiger partial charge in [-0.3, -0.25) is 4.90 Å². The maximum absolute atomic E-state index is 12.1. The Bertz CT molecular complexity index is 501. The van der Waals surface area contributed by atoms with Crippen LogP contribution in [0.25, 0.3) is 0 Å². The van der Waals surface area contributed by atoms with Crippen LogP contribution < -0.4 is 0 Å². The Morgan fingerprint density at radius 3 is 2.63 bits per heavy atom. The number of carbonyl (C=O) groups excluding carboxylic acids is 1. The molecule has 0 saturated heterocycles. The predicted octanol–water partition coefficient (Wildman–Crippen LogP) is 1.86. The van der Waals surface area contributed by atoms with Gasteiger partial charge in [0.1, 0.15) is 5.60 Å². The zero-order valence-corrected chi connectivity index (χ0v) is 11.3. The van der Waals surface area contributed by atoms with E-state index in [9.17, 15) is 14.7 Å². The van der Waals surface area contributed by atoms with Gasteiger partial charge in [0, 0.05) is 19.3 Å². The molecular weight excluding hydrogens is 248 g/mol. The van der Waals surface area contributed by atoms with Crippen LogP contribution >= 0.6 is 0 Å². The summed E-state index contributed by atoms with van der Waals surface area (Å²) in [6.45, 7) is 6.17. The first kappa shape index (κ1) is 13.5. The zero-order valence-electron chi connectivity index (χ0n) is 11.3. The van der Waals surface area contributed by atoms with Gasteiger partial charge in [-0.15, -0.1) is 0 Å². The van der Waals surface area contributed by atoms with Gasteiger partial charge in [-0.2, -0.15) is 0 Å². The highest BCUT2D eigenvalue weighted by molar-refractivity contribution is 5.81. The molecule has 1 N–H and O–H groups in total. The van der Waals surface area contributed by atoms with Crippen molar-refractivity contribution in [3.8, 4) is 0 Å². The number of hydrogen-bond acceptors (Lipinski definition) is 3. The van der Waals surface area contributed by atoms with Crippen molar-refractivity contribution < 1.29 is 19.4 Å². The largest absolute Gasteiger partial charge is 0.479 e. The molecule has 104 valence electrons. The highest BCUT2D eigenvalue weighted by Crippen LogP contribution is 2.27. The van der Waals surface area contributed by atoms with E-state index in [2.05, 4.69) is 0 Å². The lowest BCUT2D eigenvalue weighted by molar-refractivity contribution is -0.144. The normalized spacial score (nSPS) is 18.9. The highest BCUT2D eigenvalue weighted by Gasteiger charge is 2.38. The van der Waals surface area contributed by atoms with Crippen molar-refractivity contribution in [2.75, 3.05) is 6.54 Å². The second-order valence-electron chi connectivity index (χ2n) is 5.54. The van der Waals surface area contributed by atoms with Crippen LogP contribution in [-0.2, 0) is 16.1 Å². The number of aromatic nitrogens is 1. The molecule has 19 heavy (non-hydrogen) atoms. The van der Waals surface area contributed by atoms with Gasteiger partial charge in [0.05, 0.1) is 5.69 Å². The molecule has 1 aliphatic rings. The maximum Gasteiger partial charge on any atom is 0.411 e. The molecule has 0 saturated carbocycles. The lowest BCUT2D eigenvalue weighted by Crippen LogP contribution is -2.47. The molecule has 1 atom stereocenters. The molecule has 0 bridgehead atoms. The van der Waals surface area contributed by atoms with E-state index in [1.807, 2.05) is 10.8 Å². The number of carboxylic acid groups (broad SMARTS) is 1. The van der Waals surface area contributed by atoms with Crippen LogP contribution in [0.3, 0.4) is 0 Å². The third-order valence-electron chi connectivity index (χ3n) is 2.90. The fourth-order valence-electron chi connectivity index (χ4n) is 2.16. The fourth-order valence-corrected chi connectivity index (χ4v) is 2.16. The summed E-state index contributed by atoms with van der Waals surface area (Å²) in [5.74, 6) is -1.05. The molecule has 1 unspecified atom stereocenters. The summed E-state index contributed by atoms with van der Waals surface area (Å²) in [4.78, 5) is 24.8. The predicted molar refractivity (Wildman–Crippen MR) is 67.7 cm³/mol. The van der Waals surface area contributed by atoms with Gasteiger partial charge in [0.25, 0.3) is 0 Å². The fraction of sp³-hybridized carbons (Fsp3) is 0.538. The molecule has 1 amide bonds. The minimum Gasteiger partial charge on any atom is -0.479 e. The molecule has 0 fully saturated rings. The number of nitrogens with zero attached hydrogens (tertiary/aromatic N) is 2. The first-order chi connectivity index (χ1) is 8.79. The van der Waals surface area contributed by atoms with Crippen LogP contribution in [0.1, 0.15) is 32.5 Å². The van der Waals surface area contributed by atoms with Gasteiger partial charge in [-0.05, 0) is 32.9 Å². The van der Waals surface area contributed by atoms with E-state index in [0.717, 1.165) is 0 Å². The Morgan fingerprint density at radius 1 is 1.37 bits per heavy atom. The number of aliphatic carboxylic acids is 1. The first-order valence-electron chi connectivity index (χ1n) is 6.17. The van der Waals surface area contributed by atoms with Crippen molar-refractivity contribution in [1.82, 2.24) is 9.47 Å². The second-order valence-corrected chi connectivity index (χ2v) is 5.54. The van der Waals surface area contributed by atoms with Crippen LogP contribution in [-0.4, -0.2) is 38.8 Å². The van der Waals surface area contributed by atoms with E-state index < -0.39 is 23.7 Å². The van der Waals surface area contributed by atoms with Crippen LogP contribution in [0, 0.1) is 0 Å². The SMILES string of the molecule is CC(C)(C)OC(=O)N1CCn2cccc2C1C(=O)O. The molecule has 1 aliphatic heterocycles. The van der Waals surface area contributed by atoms with E-state index in [1.165, 1.54) is 4.90 Å². The third kappa shape index (κ3) is 2.72. The Hall–Kier alpha value is -1.98. The molecule has 0 aromatic carbocycles. The summed E-state index contributed by atoms with van der Waals surface area (Å²) in [6, 6.07) is 2.51. The minimum atomic E-state index is -1.05. The van der Waals surface area contributed by atoms with Crippen molar-refractivity contribution in [1.29, 1.82) is 0 Å². The molecule has 1 aromatic heterocycles. The average Bonchev–Trinajstić information content (AvgIpc) is 2.72. The van der Waals surface area contributed by atoms with E-state index in [4.69, 9.17) is 4.74 Å². The third-order valence-corrected chi connectivity index (χ3v) is 2.90. The number of rotatable bonds is 1. The lowest BCUT2D eigenvalue weighted by atomic mass is 10.1. The van der Waals surface area contributed by atoms with Crippen molar-refractivity contribution >= 4 is 12.1 Å². The molecule has 2 rings (SSSR count). The highest BCUT2D eigenvalue weighted by atomic mass is 16.6. The van der Waals surface area contributed by atoms with Crippen LogP contribution in [0.5, 0.6) is 0 Å². The average molecular weight is 266 g/mol. The summed E-state index contributed by atoms with van der Waals surface area (Å²) >= 11 is 0. The molecule has 0 aliphatic carbocycles. The quantitative estimate of drug-likeness (QED) is 0.842. The van der Waals surface area contributed by atoms with Crippen molar-refractivity contribution in [2.24, 2.45) is 0 Å². The first-order valence-corrected chi connectivity index (χ1v) is 6.17. The number of hydrogen-bond donors (Lipinski definition) is 1. The summed E-state index contributed by atoms with van der Waals surface area (Å²) < 4.78 is 7.11. The van der Waals surface area contributed by atoms with Gasteiger partial charge in [0.15, 0.2) is 6.04 Å². The van der Waals surface area contributed by atoms with E-state index in [-0.39, 0.29) is 0 Å². The van der Waals surface area contributed by atoms with Crippen molar-refractivity contribution in [3.05, 3.63) is 24.0 Å². The van der Waals surface area contributed by atoms with Crippen LogP contribution in [0.15, 0.2) is 18.3 Å². The summed E-state index contributed by atoms with van der Waals surface area (Å²) in [5, 5.41) is 9.36. The Balaban J connectivity index is 2.27. The van der Waals surface area contributed by atoms with E-state index in [0.29, 0.717) is 18.8 Å². The summed E-state index contributed by atoms with van der Waals surface area (Å²) in [5.41, 5.74) is -0.0378. The number of fused-ring (bicyclic) bond motifs is 1. The van der Waals surface area contributed by atoms with Crippen LogP contribution in [0.4, 0.5) is 4.79 Å². The molecular formula is C13H18N2O4. The number of carbonyl (C=O) groups is 2. The molecule has 6 heteroatoms. The molecule has 0 radical (unpaired) electrons. The Morgan fingerprint density at radius 2 is 2.05 bits per heavy atom. The van der Waals surface area contributed by atoms with Gasteiger partial charge >= 0.3 is 12.1 Å². The standard InChI is InChI=1S/C13H18N2O4/c1-13(2,3)19-12(18)15-8-7-14-6-4-5-9(14)10(15)11(16)17/h4-6,10H,7-8H2,1-3H3,(H,16,17). The number of carboxylic acids is 1. The van der Waals surface area contributed by atoms with Gasteiger partial charge in [0.2, 0.25) is 0 Å². The molecule has 0 spiro atoms. The molecule has 6 nitrogen and oxygen atoms in total. The smallest absolute Gasteiger partial charge is 0.411 e. The summed E-state index contributed by atoms with van der Waals surface area (Å²) in [7, 11) is 0. The zero-order chi connectivity index (χ0) is 14.2. The topological polar surface area (TPSA) is 71.8 Å². The summed E-state index contributed by atoms with van der Waals surface area (Å²) in [6.07, 6.45) is 1.23. The van der Waals surface area contributed by atoms with Gasteiger partial charge in [-0.1, -0.05) is 0 Å². The lowest BCUT2D eigenvalue weighted by Gasteiger charge is -2.35. The van der Waals surface area contributed by atoms with E-state index in [1.54, 1.807) is 32.9 Å². The molecule has 1 aromatic rings. The van der Waals surface area contributed by atoms with Crippen LogP contribution in [0.2, 0.25) is 0 Å². The number of amides is 1. The van der Waals surface area contributed by atoms with Gasteiger partial charge < -0.3 is 14.4 Å².